The Kier molecular flexibility index (Phi) is 4.26. The van der Waals surface area contributed by atoms with Crippen molar-refractivity contribution in [3.63, 3.8) is 0 Å². The molecule has 1 fully saturated rings. The standard InChI is InChI=1S/C11H20O2/c1-3-4-5-6-9(2)13-11(12)10-7-8-10/h9-10H,3-8H2,1-2H3. The Hall–Kier alpha value is -0.530. The molecule has 0 aromatic rings. The third kappa shape index (κ3) is 4.30. The van der Waals surface area contributed by atoms with Gasteiger partial charge in [0.1, 0.15) is 0 Å². The molecule has 0 spiro atoms. The molecule has 76 valence electrons. The summed E-state index contributed by atoms with van der Waals surface area (Å²) in [5, 5.41) is 0. The number of hydrogen-bond donors (Lipinski definition) is 0. The second kappa shape index (κ2) is 5.25. The highest BCUT2D eigenvalue weighted by molar-refractivity contribution is 5.75. The Labute approximate surface area is 80.7 Å². The van der Waals surface area contributed by atoms with Crippen LogP contribution in [0.3, 0.4) is 0 Å². The van der Waals surface area contributed by atoms with Crippen LogP contribution in [0, 0.1) is 5.92 Å². The van der Waals surface area contributed by atoms with E-state index in [1.54, 1.807) is 0 Å². The van der Waals surface area contributed by atoms with Crippen molar-refractivity contribution in [2.24, 2.45) is 5.92 Å². The lowest BCUT2D eigenvalue weighted by molar-refractivity contribution is -0.150. The monoisotopic (exact) mass is 184 g/mol. The van der Waals surface area contributed by atoms with Gasteiger partial charge in [-0.05, 0) is 32.6 Å². The van der Waals surface area contributed by atoms with Gasteiger partial charge < -0.3 is 4.74 Å². The molecule has 13 heavy (non-hydrogen) atoms. The van der Waals surface area contributed by atoms with E-state index >= 15 is 0 Å². The Morgan fingerprint density at radius 1 is 1.46 bits per heavy atom. The van der Waals surface area contributed by atoms with Gasteiger partial charge in [-0.2, -0.15) is 0 Å². The Balaban J connectivity index is 2.02. The SMILES string of the molecule is CCCCCC(C)OC(=O)C1CC1. The number of unbranched alkanes of at least 4 members (excludes halogenated alkanes) is 2. The maximum absolute atomic E-state index is 11.2. The van der Waals surface area contributed by atoms with Crippen molar-refractivity contribution in [1.29, 1.82) is 0 Å². The summed E-state index contributed by atoms with van der Waals surface area (Å²) >= 11 is 0. The average Bonchev–Trinajstić information content (AvgIpc) is 2.86. The second-order valence-corrected chi connectivity index (χ2v) is 4.02. The summed E-state index contributed by atoms with van der Waals surface area (Å²) in [4.78, 5) is 11.2. The van der Waals surface area contributed by atoms with Crippen LogP contribution in [0.15, 0.2) is 0 Å². The zero-order chi connectivity index (χ0) is 9.68. The van der Waals surface area contributed by atoms with Crippen LogP contribution in [-0.4, -0.2) is 12.1 Å². The zero-order valence-corrected chi connectivity index (χ0v) is 8.71. The van der Waals surface area contributed by atoms with E-state index in [1.807, 2.05) is 6.92 Å². The molecule has 0 amide bonds. The zero-order valence-electron chi connectivity index (χ0n) is 8.71. The summed E-state index contributed by atoms with van der Waals surface area (Å²) in [6.07, 6.45) is 6.87. The summed E-state index contributed by atoms with van der Waals surface area (Å²) in [5.74, 6) is 0.276. The van der Waals surface area contributed by atoms with Gasteiger partial charge >= 0.3 is 5.97 Å². The van der Waals surface area contributed by atoms with Gasteiger partial charge in [0, 0.05) is 0 Å². The van der Waals surface area contributed by atoms with Crippen LogP contribution >= 0.6 is 0 Å². The molecule has 0 aromatic carbocycles. The fraction of sp³-hybridized carbons (Fsp3) is 0.909. The molecule has 1 atom stereocenters. The van der Waals surface area contributed by atoms with Crippen molar-refractivity contribution < 1.29 is 9.53 Å². The molecule has 0 bridgehead atoms. The Bertz CT molecular complexity index is 161. The van der Waals surface area contributed by atoms with E-state index in [-0.39, 0.29) is 18.0 Å². The van der Waals surface area contributed by atoms with Gasteiger partial charge in [-0.1, -0.05) is 19.8 Å². The highest BCUT2D eigenvalue weighted by Gasteiger charge is 2.31. The van der Waals surface area contributed by atoms with Crippen LogP contribution < -0.4 is 0 Å². The average molecular weight is 184 g/mol. The molecular formula is C11H20O2. The van der Waals surface area contributed by atoms with Crippen LogP contribution in [0.4, 0.5) is 0 Å². The topological polar surface area (TPSA) is 26.3 Å². The Morgan fingerprint density at radius 2 is 2.15 bits per heavy atom. The first-order valence-corrected chi connectivity index (χ1v) is 5.44. The molecule has 1 unspecified atom stereocenters. The molecule has 0 aliphatic heterocycles. The Morgan fingerprint density at radius 3 is 2.69 bits per heavy atom. The summed E-state index contributed by atoms with van der Waals surface area (Å²) in [6.45, 7) is 4.18. The number of carbonyl (C=O) groups excluding carboxylic acids is 1. The lowest BCUT2D eigenvalue weighted by Gasteiger charge is -2.12. The van der Waals surface area contributed by atoms with E-state index in [0.717, 1.165) is 19.3 Å². The molecule has 1 aliphatic carbocycles. The summed E-state index contributed by atoms with van der Waals surface area (Å²) < 4.78 is 5.28. The number of carbonyl (C=O) groups is 1. The van der Waals surface area contributed by atoms with Crippen molar-refractivity contribution in [3.8, 4) is 0 Å². The van der Waals surface area contributed by atoms with E-state index in [1.165, 1.54) is 19.3 Å². The van der Waals surface area contributed by atoms with Gasteiger partial charge in [-0.3, -0.25) is 4.79 Å². The third-order valence-electron chi connectivity index (χ3n) is 2.44. The summed E-state index contributed by atoms with van der Waals surface area (Å²) in [7, 11) is 0. The number of hydrogen-bond acceptors (Lipinski definition) is 2. The quantitative estimate of drug-likeness (QED) is 0.468. The van der Waals surface area contributed by atoms with Crippen molar-refractivity contribution in [2.45, 2.75) is 58.5 Å². The third-order valence-corrected chi connectivity index (χ3v) is 2.44. The second-order valence-electron chi connectivity index (χ2n) is 4.02. The number of esters is 1. The molecule has 1 aliphatic rings. The molecule has 0 heterocycles. The van der Waals surface area contributed by atoms with Gasteiger partial charge in [0.2, 0.25) is 0 Å². The molecule has 1 rings (SSSR count). The van der Waals surface area contributed by atoms with E-state index in [0.29, 0.717) is 0 Å². The van der Waals surface area contributed by atoms with E-state index in [9.17, 15) is 4.79 Å². The lowest BCUT2D eigenvalue weighted by atomic mass is 10.1. The van der Waals surface area contributed by atoms with Crippen LogP contribution in [-0.2, 0) is 9.53 Å². The maximum atomic E-state index is 11.2. The van der Waals surface area contributed by atoms with Gasteiger partial charge in [0.15, 0.2) is 0 Å². The van der Waals surface area contributed by atoms with Gasteiger partial charge in [-0.15, -0.1) is 0 Å². The van der Waals surface area contributed by atoms with E-state index < -0.39 is 0 Å². The van der Waals surface area contributed by atoms with Gasteiger partial charge in [0.05, 0.1) is 12.0 Å². The van der Waals surface area contributed by atoms with E-state index in [2.05, 4.69) is 6.92 Å². The number of rotatable bonds is 6. The normalized spacial score (nSPS) is 18.3. The molecule has 0 N–H and O–H groups in total. The first-order chi connectivity index (χ1) is 6.24. The molecule has 2 heteroatoms. The van der Waals surface area contributed by atoms with Crippen molar-refractivity contribution in [3.05, 3.63) is 0 Å². The number of ether oxygens (including phenoxy) is 1. The summed E-state index contributed by atoms with van der Waals surface area (Å²) in [5.41, 5.74) is 0. The summed E-state index contributed by atoms with van der Waals surface area (Å²) in [6, 6.07) is 0. The minimum atomic E-state index is 0.0315. The van der Waals surface area contributed by atoms with Crippen LogP contribution in [0.1, 0.15) is 52.4 Å². The minimum Gasteiger partial charge on any atom is -0.462 e. The van der Waals surface area contributed by atoms with Crippen LogP contribution in [0.5, 0.6) is 0 Å². The van der Waals surface area contributed by atoms with Crippen molar-refractivity contribution in [1.82, 2.24) is 0 Å². The fourth-order valence-corrected chi connectivity index (χ4v) is 1.35. The fourth-order valence-electron chi connectivity index (χ4n) is 1.35. The minimum absolute atomic E-state index is 0.0315. The predicted octanol–water partition coefficient (Wildman–Crippen LogP) is 2.91. The molecule has 2 nitrogen and oxygen atoms in total. The largest absolute Gasteiger partial charge is 0.462 e. The van der Waals surface area contributed by atoms with Crippen molar-refractivity contribution >= 4 is 5.97 Å². The first kappa shape index (κ1) is 10.6. The highest BCUT2D eigenvalue weighted by Crippen LogP contribution is 2.30. The van der Waals surface area contributed by atoms with Crippen LogP contribution in [0.25, 0.3) is 0 Å². The predicted molar refractivity (Wildman–Crippen MR) is 52.4 cm³/mol. The molecule has 0 aromatic heterocycles. The lowest BCUT2D eigenvalue weighted by Crippen LogP contribution is -2.15. The van der Waals surface area contributed by atoms with Gasteiger partial charge in [0.25, 0.3) is 0 Å². The maximum Gasteiger partial charge on any atom is 0.309 e. The van der Waals surface area contributed by atoms with Gasteiger partial charge in [-0.25, -0.2) is 0 Å². The smallest absolute Gasteiger partial charge is 0.309 e. The molecule has 0 saturated heterocycles. The van der Waals surface area contributed by atoms with Crippen LogP contribution in [0.2, 0.25) is 0 Å². The molecule has 1 saturated carbocycles. The molecule has 0 radical (unpaired) electrons. The van der Waals surface area contributed by atoms with Crippen molar-refractivity contribution in [2.75, 3.05) is 0 Å². The highest BCUT2D eigenvalue weighted by atomic mass is 16.5. The molecular weight excluding hydrogens is 164 g/mol. The van der Waals surface area contributed by atoms with E-state index in [4.69, 9.17) is 4.74 Å². The first-order valence-electron chi connectivity index (χ1n) is 5.44.